The molecule has 27 heavy (non-hydrogen) atoms. The van der Waals surface area contributed by atoms with Crippen LogP contribution in [-0.4, -0.2) is 62.3 Å². The van der Waals surface area contributed by atoms with Crippen LogP contribution in [0, 0.1) is 6.92 Å². The van der Waals surface area contributed by atoms with Crippen LogP contribution in [0.4, 0.5) is 5.69 Å². The normalized spacial score (nSPS) is 24.8. The lowest BCUT2D eigenvalue weighted by molar-refractivity contribution is -0.123. The minimum absolute atomic E-state index is 0.0568. The number of piperazine rings is 1. The average Bonchev–Trinajstić information content (AvgIpc) is 3.30. The summed E-state index contributed by atoms with van der Waals surface area (Å²) in [4.78, 5) is 16.7. The third-order valence-electron chi connectivity index (χ3n) is 5.71. The molecule has 1 aromatic heterocycles. The number of carbonyl (C=O) groups is 1. The Morgan fingerprint density at radius 2 is 1.85 bits per heavy atom. The number of hydrogen-bond acceptors (Lipinski definition) is 5. The number of rotatable bonds is 3. The van der Waals surface area contributed by atoms with Crippen molar-refractivity contribution < 1.29 is 13.2 Å². The number of anilines is 1. The van der Waals surface area contributed by atoms with Crippen LogP contribution in [0.1, 0.15) is 12.0 Å². The molecule has 0 aliphatic carbocycles. The Morgan fingerprint density at radius 3 is 2.52 bits per heavy atom. The molecule has 144 valence electrons. The molecular formula is C19H23N3O3S2. The molecule has 8 heteroatoms. The smallest absolute Gasteiger partial charge is 0.243 e. The highest BCUT2D eigenvalue weighted by molar-refractivity contribution is 7.89. The quantitative estimate of drug-likeness (QED) is 0.785. The number of hydrogen-bond donors (Lipinski definition) is 0. The van der Waals surface area contributed by atoms with Gasteiger partial charge in [0, 0.05) is 25.0 Å². The lowest BCUT2D eigenvalue weighted by Gasteiger charge is -2.46. The summed E-state index contributed by atoms with van der Waals surface area (Å²) in [6.07, 6.45) is 0.711. The number of thiophene rings is 1. The molecule has 1 spiro atoms. The molecule has 1 unspecified atom stereocenters. The van der Waals surface area contributed by atoms with E-state index in [0.717, 1.165) is 11.3 Å². The highest BCUT2D eigenvalue weighted by Gasteiger charge is 2.50. The zero-order valence-corrected chi connectivity index (χ0v) is 17.1. The maximum Gasteiger partial charge on any atom is 0.243 e. The first-order valence-electron chi connectivity index (χ1n) is 8.92. The van der Waals surface area contributed by atoms with Crippen molar-refractivity contribution in [2.45, 2.75) is 23.8 Å². The van der Waals surface area contributed by atoms with Crippen molar-refractivity contribution in [1.82, 2.24) is 9.21 Å². The molecule has 6 nitrogen and oxygen atoms in total. The van der Waals surface area contributed by atoms with Gasteiger partial charge in [-0.3, -0.25) is 9.69 Å². The van der Waals surface area contributed by atoms with Crippen molar-refractivity contribution in [2.75, 3.05) is 38.1 Å². The fourth-order valence-electron chi connectivity index (χ4n) is 3.93. The summed E-state index contributed by atoms with van der Waals surface area (Å²) in [7, 11) is -1.61. The molecule has 2 fully saturated rings. The van der Waals surface area contributed by atoms with E-state index in [9.17, 15) is 13.2 Å². The van der Waals surface area contributed by atoms with Crippen molar-refractivity contribution in [3.05, 3.63) is 46.7 Å². The third kappa shape index (κ3) is 3.20. The van der Waals surface area contributed by atoms with Gasteiger partial charge in [-0.05, 0) is 44.0 Å². The zero-order valence-electron chi connectivity index (χ0n) is 15.5. The molecular weight excluding hydrogens is 382 g/mol. The SMILES string of the molecule is Cc1ccc(S(=O)(=O)N2CCC3(CN(c4ccsc4)C(=O)CN3C)C2)cc1. The van der Waals surface area contributed by atoms with Crippen molar-refractivity contribution in [2.24, 2.45) is 0 Å². The Morgan fingerprint density at radius 1 is 1.11 bits per heavy atom. The van der Waals surface area contributed by atoms with Gasteiger partial charge in [-0.15, -0.1) is 0 Å². The highest BCUT2D eigenvalue weighted by Crippen LogP contribution is 2.36. The molecule has 2 aromatic rings. The van der Waals surface area contributed by atoms with Gasteiger partial charge in [0.05, 0.1) is 22.7 Å². The number of likely N-dealkylation sites (N-methyl/N-ethyl adjacent to an activating group) is 1. The molecule has 0 saturated carbocycles. The molecule has 1 atom stereocenters. The van der Waals surface area contributed by atoms with Gasteiger partial charge in [-0.25, -0.2) is 8.42 Å². The molecule has 4 rings (SSSR count). The number of sulfonamides is 1. The summed E-state index contributed by atoms with van der Waals surface area (Å²) < 4.78 is 27.7. The van der Waals surface area contributed by atoms with Gasteiger partial charge in [0.2, 0.25) is 15.9 Å². The van der Waals surface area contributed by atoms with Crippen molar-refractivity contribution in [3.8, 4) is 0 Å². The first kappa shape index (κ1) is 18.6. The van der Waals surface area contributed by atoms with Gasteiger partial charge in [0.15, 0.2) is 0 Å². The second-order valence-electron chi connectivity index (χ2n) is 7.44. The highest BCUT2D eigenvalue weighted by atomic mass is 32.2. The summed E-state index contributed by atoms with van der Waals surface area (Å²) in [5.41, 5.74) is 1.58. The van der Waals surface area contributed by atoms with E-state index >= 15 is 0 Å². The summed E-state index contributed by atoms with van der Waals surface area (Å²) in [6, 6.07) is 8.92. The van der Waals surface area contributed by atoms with E-state index < -0.39 is 10.0 Å². The first-order chi connectivity index (χ1) is 12.8. The Hall–Kier alpha value is -1.74. The lowest BCUT2D eigenvalue weighted by atomic mass is 9.93. The third-order valence-corrected chi connectivity index (χ3v) is 8.24. The Bertz CT molecular complexity index is 941. The summed E-state index contributed by atoms with van der Waals surface area (Å²) in [5.74, 6) is 0.0568. The van der Waals surface area contributed by atoms with E-state index in [1.54, 1.807) is 32.7 Å². The minimum atomic E-state index is -3.53. The summed E-state index contributed by atoms with van der Waals surface area (Å²) in [5, 5.41) is 3.92. The monoisotopic (exact) mass is 405 g/mol. The van der Waals surface area contributed by atoms with Gasteiger partial charge in [-0.2, -0.15) is 15.6 Å². The molecule has 0 bridgehead atoms. The van der Waals surface area contributed by atoms with E-state index in [-0.39, 0.29) is 11.4 Å². The predicted molar refractivity (Wildman–Crippen MR) is 107 cm³/mol. The summed E-state index contributed by atoms with van der Waals surface area (Å²) >= 11 is 1.56. The Kier molecular flexibility index (Phi) is 4.62. The van der Waals surface area contributed by atoms with Gasteiger partial charge >= 0.3 is 0 Å². The maximum atomic E-state index is 13.1. The zero-order chi connectivity index (χ0) is 19.2. The van der Waals surface area contributed by atoms with E-state index in [0.29, 0.717) is 37.5 Å². The molecule has 1 aromatic carbocycles. The molecule has 0 N–H and O–H groups in total. The molecule has 1 amide bonds. The van der Waals surface area contributed by atoms with Crippen LogP contribution in [0.2, 0.25) is 0 Å². The van der Waals surface area contributed by atoms with Crippen molar-refractivity contribution in [1.29, 1.82) is 0 Å². The fraction of sp³-hybridized carbons (Fsp3) is 0.421. The topological polar surface area (TPSA) is 60.9 Å². The molecule has 2 aliphatic heterocycles. The van der Waals surface area contributed by atoms with Crippen LogP contribution in [-0.2, 0) is 14.8 Å². The van der Waals surface area contributed by atoms with Gasteiger partial charge < -0.3 is 4.90 Å². The second kappa shape index (κ2) is 6.70. The Balaban J connectivity index is 1.60. The van der Waals surface area contributed by atoms with E-state index in [1.165, 1.54) is 0 Å². The predicted octanol–water partition coefficient (Wildman–Crippen LogP) is 2.17. The number of amides is 1. The Labute approximate surface area is 164 Å². The molecule has 0 radical (unpaired) electrons. The molecule has 2 aliphatic rings. The number of nitrogens with zero attached hydrogens (tertiary/aromatic N) is 3. The summed E-state index contributed by atoms with van der Waals surface area (Å²) in [6.45, 7) is 3.61. The van der Waals surface area contributed by atoms with Crippen LogP contribution in [0.25, 0.3) is 0 Å². The van der Waals surface area contributed by atoms with Gasteiger partial charge in [0.25, 0.3) is 0 Å². The van der Waals surface area contributed by atoms with E-state index in [2.05, 4.69) is 0 Å². The molecule has 2 saturated heterocycles. The van der Waals surface area contributed by atoms with Gasteiger partial charge in [-0.1, -0.05) is 17.7 Å². The second-order valence-corrected chi connectivity index (χ2v) is 10.2. The fourth-order valence-corrected chi connectivity index (χ4v) is 6.09. The maximum absolute atomic E-state index is 13.1. The van der Waals surface area contributed by atoms with Gasteiger partial charge in [0.1, 0.15) is 0 Å². The number of benzene rings is 1. The first-order valence-corrected chi connectivity index (χ1v) is 11.3. The standard InChI is InChI=1S/C19H23N3O3S2/c1-15-3-5-17(6-4-15)27(24,25)21-9-8-19(13-21)14-22(16-7-10-26-12-16)18(23)11-20(19)2/h3-7,10,12H,8-9,11,13-14H2,1-2H3. The number of carbonyl (C=O) groups excluding carboxylic acids is 1. The number of aryl methyl sites for hydroxylation is 1. The molecule has 3 heterocycles. The van der Waals surface area contributed by atoms with Crippen LogP contribution in [0.3, 0.4) is 0 Å². The lowest BCUT2D eigenvalue weighted by Crippen LogP contribution is -2.64. The van der Waals surface area contributed by atoms with Crippen LogP contribution in [0.15, 0.2) is 46.0 Å². The van der Waals surface area contributed by atoms with Crippen molar-refractivity contribution >= 4 is 33.0 Å². The van der Waals surface area contributed by atoms with Crippen molar-refractivity contribution in [3.63, 3.8) is 0 Å². The average molecular weight is 406 g/mol. The van der Waals surface area contributed by atoms with Crippen LogP contribution >= 0.6 is 11.3 Å². The largest absolute Gasteiger partial charge is 0.309 e. The minimum Gasteiger partial charge on any atom is -0.309 e. The van der Waals surface area contributed by atoms with E-state index in [4.69, 9.17) is 0 Å². The van der Waals surface area contributed by atoms with E-state index in [1.807, 2.05) is 47.8 Å². The van der Waals surface area contributed by atoms with Crippen LogP contribution < -0.4 is 4.90 Å². The van der Waals surface area contributed by atoms with Crippen LogP contribution in [0.5, 0.6) is 0 Å².